The second-order valence-electron chi connectivity index (χ2n) is 11.8. The molecule has 0 bridgehead atoms. The third-order valence-corrected chi connectivity index (χ3v) is 7.25. The Hall–Kier alpha value is -4.98. The maximum atomic E-state index is 13.7. The smallest absolute Gasteiger partial charge is 0.407 e. The average Bonchev–Trinajstić information content (AvgIpc) is 3.35. The molecular weight excluding hydrogens is 575 g/mol. The van der Waals surface area contributed by atoms with Gasteiger partial charge in [-0.1, -0.05) is 30.3 Å². The van der Waals surface area contributed by atoms with Gasteiger partial charge in [0.15, 0.2) is 0 Å². The number of nitrogens with one attached hydrogen (secondary N) is 3. The summed E-state index contributed by atoms with van der Waals surface area (Å²) in [6, 6.07) is 18.8. The van der Waals surface area contributed by atoms with Crippen molar-refractivity contribution in [2.24, 2.45) is 0 Å². The van der Waals surface area contributed by atoms with Gasteiger partial charge in [-0.2, -0.15) is 5.26 Å². The van der Waals surface area contributed by atoms with E-state index < -0.39 is 11.7 Å². The van der Waals surface area contributed by atoms with Gasteiger partial charge in [-0.3, -0.25) is 9.59 Å². The van der Waals surface area contributed by atoms with Crippen LogP contribution in [0, 0.1) is 17.1 Å². The molecule has 2 aromatic carbocycles. The van der Waals surface area contributed by atoms with E-state index in [-0.39, 0.29) is 30.2 Å². The molecule has 0 radical (unpaired) electrons. The van der Waals surface area contributed by atoms with Gasteiger partial charge in [0, 0.05) is 44.2 Å². The van der Waals surface area contributed by atoms with E-state index in [1.165, 1.54) is 12.1 Å². The Balaban J connectivity index is 1.42. The number of pyridine rings is 1. The molecule has 1 aliphatic heterocycles. The summed E-state index contributed by atoms with van der Waals surface area (Å²) in [5.41, 5.74) is 2.15. The Labute approximate surface area is 263 Å². The van der Waals surface area contributed by atoms with Gasteiger partial charge in [-0.05, 0) is 75.9 Å². The van der Waals surface area contributed by atoms with Gasteiger partial charge >= 0.3 is 6.09 Å². The van der Waals surface area contributed by atoms with E-state index in [9.17, 15) is 24.0 Å². The van der Waals surface area contributed by atoms with Gasteiger partial charge < -0.3 is 25.6 Å². The molecule has 0 spiro atoms. The second kappa shape index (κ2) is 15.1. The van der Waals surface area contributed by atoms with E-state index in [0.717, 1.165) is 5.56 Å². The SMILES string of the molecule is CC(C)(C)OC(=O)NCCCN1C(=O)CCC1CNC(=O)c1ccc(-c2ccccc2C#N)nc1NCCc1cccc(F)c1. The summed E-state index contributed by atoms with van der Waals surface area (Å²) in [6.07, 6.45) is 1.54. The van der Waals surface area contributed by atoms with Gasteiger partial charge in [-0.15, -0.1) is 0 Å². The predicted octanol–water partition coefficient (Wildman–Crippen LogP) is 5.05. The number of alkyl carbamates (subject to hydrolysis) is 1. The summed E-state index contributed by atoms with van der Waals surface area (Å²) in [6.45, 7) is 6.82. The highest BCUT2D eigenvalue weighted by atomic mass is 19.1. The number of nitrogens with zero attached hydrogens (tertiary/aromatic N) is 3. The Morgan fingerprint density at radius 3 is 2.64 bits per heavy atom. The first-order chi connectivity index (χ1) is 21.5. The maximum Gasteiger partial charge on any atom is 0.407 e. The fourth-order valence-corrected chi connectivity index (χ4v) is 5.12. The Morgan fingerprint density at radius 1 is 1.09 bits per heavy atom. The van der Waals surface area contributed by atoms with Gasteiger partial charge in [0.1, 0.15) is 17.2 Å². The van der Waals surface area contributed by atoms with Gasteiger partial charge in [0.2, 0.25) is 5.91 Å². The molecule has 0 aliphatic carbocycles. The van der Waals surface area contributed by atoms with Crippen molar-refractivity contribution in [3.05, 3.63) is 83.2 Å². The van der Waals surface area contributed by atoms with Crippen molar-refractivity contribution in [3.8, 4) is 17.3 Å². The highest BCUT2D eigenvalue weighted by Crippen LogP contribution is 2.25. The molecule has 0 saturated carbocycles. The second-order valence-corrected chi connectivity index (χ2v) is 11.8. The van der Waals surface area contributed by atoms with Crippen molar-refractivity contribution >= 4 is 23.7 Å². The summed E-state index contributed by atoms with van der Waals surface area (Å²) in [7, 11) is 0. The van der Waals surface area contributed by atoms with Gasteiger partial charge in [0.05, 0.1) is 22.9 Å². The minimum absolute atomic E-state index is 0.00778. The molecule has 3 N–H and O–H groups in total. The number of carbonyl (C=O) groups is 3. The van der Waals surface area contributed by atoms with E-state index in [1.54, 1.807) is 62.1 Å². The molecule has 1 saturated heterocycles. The number of hydrogen-bond acceptors (Lipinski definition) is 7. The monoisotopic (exact) mass is 614 g/mol. The number of carbonyl (C=O) groups excluding carboxylic acids is 3. The van der Waals surface area contributed by atoms with Crippen molar-refractivity contribution in [2.75, 3.05) is 31.5 Å². The number of halogens is 1. The Kier molecular flexibility index (Phi) is 11.1. The van der Waals surface area contributed by atoms with Crippen LogP contribution in [0.4, 0.5) is 15.0 Å². The summed E-state index contributed by atoms with van der Waals surface area (Å²) < 4.78 is 18.9. The van der Waals surface area contributed by atoms with Gasteiger partial charge in [-0.25, -0.2) is 14.2 Å². The lowest BCUT2D eigenvalue weighted by molar-refractivity contribution is -0.128. The molecule has 11 heteroatoms. The van der Waals surface area contributed by atoms with E-state index in [0.29, 0.717) is 73.5 Å². The number of benzene rings is 2. The molecule has 3 amide bonds. The number of amides is 3. The van der Waals surface area contributed by atoms with Crippen molar-refractivity contribution in [3.63, 3.8) is 0 Å². The number of nitriles is 1. The lowest BCUT2D eigenvalue weighted by Crippen LogP contribution is -2.43. The number of anilines is 1. The first-order valence-corrected chi connectivity index (χ1v) is 15.1. The number of aromatic nitrogens is 1. The third kappa shape index (κ3) is 9.50. The molecule has 3 aromatic rings. The fraction of sp³-hybridized carbons (Fsp3) is 0.382. The average molecular weight is 615 g/mol. The standard InChI is InChI=1S/C34H39FN6O4/c1-34(2,3)45-33(44)38-17-7-19-41-26(12-15-30(41)42)22-39-32(43)28-13-14-29(27-11-5-4-9-24(27)21-36)40-31(28)37-18-16-23-8-6-10-25(35)20-23/h4-6,8-11,13-14,20,26H,7,12,15-19,22H2,1-3H3,(H,37,40)(H,38,44)(H,39,43). The topological polar surface area (TPSA) is 136 Å². The lowest BCUT2D eigenvalue weighted by atomic mass is 10.0. The highest BCUT2D eigenvalue weighted by molar-refractivity contribution is 5.99. The molecule has 236 valence electrons. The summed E-state index contributed by atoms with van der Waals surface area (Å²) in [5.74, 6) is -0.337. The predicted molar refractivity (Wildman–Crippen MR) is 169 cm³/mol. The highest BCUT2D eigenvalue weighted by Gasteiger charge is 2.31. The van der Waals surface area contributed by atoms with Crippen LogP contribution in [-0.4, -0.2) is 65.6 Å². The summed E-state index contributed by atoms with van der Waals surface area (Å²) in [4.78, 5) is 44.4. The minimum Gasteiger partial charge on any atom is -0.444 e. The maximum absolute atomic E-state index is 13.7. The van der Waals surface area contributed by atoms with Crippen LogP contribution in [0.2, 0.25) is 0 Å². The zero-order valence-corrected chi connectivity index (χ0v) is 25.9. The Bertz CT molecular complexity index is 1560. The largest absolute Gasteiger partial charge is 0.444 e. The third-order valence-electron chi connectivity index (χ3n) is 7.25. The minimum atomic E-state index is -0.591. The van der Waals surface area contributed by atoms with Crippen LogP contribution in [0.3, 0.4) is 0 Å². The van der Waals surface area contributed by atoms with Crippen LogP contribution in [0.1, 0.15) is 61.5 Å². The van der Waals surface area contributed by atoms with Crippen LogP contribution in [0.15, 0.2) is 60.7 Å². The quantitative estimate of drug-likeness (QED) is 0.243. The first-order valence-electron chi connectivity index (χ1n) is 15.1. The number of likely N-dealkylation sites (tertiary alicyclic amines) is 1. The van der Waals surface area contributed by atoms with E-state index >= 15 is 0 Å². The van der Waals surface area contributed by atoms with Crippen molar-refractivity contribution < 1.29 is 23.5 Å². The van der Waals surface area contributed by atoms with Crippen molar-refractivity contribution in [1.29, 1.82) is 5.26 Å². The molecule has 1 aromatic heterocycles. The molecule has 10 nitrogen and oxygen atoms in total. The van der Waals surface area contributed by atoms with Crippen LogP contribution in [-0.2, 0) is 16.0 Å². The molecule has 1 atom stereocenters. The molecule has 45 heavy (non-hydrogen) atoms. The van der Waals surface area contributed by atoms with Crippen molar-refractivity contribution in [1.82, 2.24) is 20.5 Å². The van der Waals surface area contributed by atoms with Crippen LogP contribution >= 0.6 is 0 Å². The number of rotatable bonds is 12. The molecule has 1 aliphatic rings. The molecule has 2 heterocycles. The van der Waals surface area contributed by atoms with Crippen LogP contribution in [0.5, 0.6) is 0 Å². The zero-order chi connectivity index (χ0) is 32.4. The zero-order valence-electron chi connectivity index (χ0n) is 25.9. The molecule has 1 fully saturated rings. The van der Waals surface area contributed by atoms with E-state index in [2.05, 4.69) is 22.0 Å². The van der Waals surface area contributed by atoms with Gasteiger partial charge in [0.25, 0.3) is 5.91 Å². The number of ether oxygens (including phenoxy) is 1. The molecule has 4 rings (SSSR count). The number of hydrogen-bond donors (Lipinski definition) is 3. The summed E-state index contributed by atoms with van der Waals surface area (Å²) >= 11 is 0. The van der Waals surface area contributed by atoms with E-state index in [1.807, 2.05) is 12.1 Å². The molecule has 1 unspecified atom stereocenters. The molecular formula is C34H39FN6O4. The van der Waals surface area contributed by atoms with E-state index in [4.69, 9.17) is 9.72 Å². The Morgan fingerprint density at radius 2 is 1.89 bits per heavy atom. The van der Waals surface area contributed by atoms with Crippen molar-refractivity contribution in [2.45, 2.75) is 58.1 Å². The summed E-state index contributed by atoms with van der Waals surface area (Å²) in [5, 5.41) is 18.5. The fourth-order valence-electron chi connectivity index (χ4n) is 5.12. The van der Waals surface area contributed by atoms with Crippen LogP contribution in [0.25, 0.3) is 11.3 Å². The van der Waals surface area contributed by atoms with Crippen LogP contribution < -0.4 is 16.0 Å². The lowest BCUT2D eigenvalue weighted by Gasteiger charge is -2.25. The first kappa shape index (κ1) is 32.9. The normalized spacial score (nSPS) is 14.5.